The zero-order valence-corrected chi connectivity index (χ0v) is 10.1. The molecule has 0 bridgehead atoms. The van der Waals surface area contributed by atoms with Gasteiger partial charge in [-0.25, -0.2) is 4.39 Å². The molecule has 3 heteroatoms. The first kappa shape index (κ1) is 11.9. The molecule has 78 valence electrons. The molecule has 0 nitrogen and oxygen atoms in total. The molecule has 1 rings (SSSR count). The highest BCUT2D eigenvalue weighted by atomic mass is 35.7. The quantitative estimate of drug-likeness (QED) is 0.727. The van der Waals surface area contributed by atoms with E-state index in [2.05, 4.69) is 13.8 Å². The Morgan fingerprint density at radius 1 is 1.36 bits per heavy atom. The minimum absolute atomic E-state index is 0.154. The van der Waals surface area contributed by atoms with Crippen molar-refractivity contribution in [2.45, 2.75) is 26.0 Å². The topological polar surface area (TPSA) is 0 Å². The molecule has 14 heavy (non-hydrogen) atoms. The second kappa shape index (κ2) is 5.04. The number of hydrogen-bond donors (Lipinski definition) is 0. The van der Waals surface area contributed by atoms with Crippen molar-refractivity contribution in [3.05, 3.63) is 35.1 Å². The molecule has 0 spiro atoms. The van der Waals surface area contributed by atoms with Crippen LogP contribution in [-0.4, -0.2) is 0 Å². The van der Waals surface area contributed by atoms with Gasteiger partial charge in [0.2, 0.25) is 0 Å². The summed E-state index contributed by atoms with van der Waals surface area (Å²) < 4.78 is 13.3. The Bertz CT molecular complexity index is 312. The predicted octanol–water partition coefficient (Wildman–Crippen LogP) is 4.72. The molecule has 0 fully saturated rings. The first-order valence-electron chi connectivity index (χ1n) is 4.59. The second-order valence-corrected chi connectivity index (χ2v) is 4.98. The lowest BCUT2D eigenvalue weighted by Gasteiger charge is -2.17. The molecule has 1 atom stereocenters. The third kappa shape index (κ3) is 2.64. The molecule has 1 aromatic rings. The molecule has 0 saturated carbocycles. The highest BCUT2D eigenvalue weighted by Crippen LogP contribution is 2.38. The van der Waals surface area contributed by atoms with Gasteiger partial charge in [0, 0.05) is 5.25 Å². The van der Waals surface area contributed by atoms with E-state index in [1.165, 1.54) is 11.0 Å². The Morgan fingerprint density at radius 3 is 2.43 bits per heavy atom. The molecule has 0 N–H and O–H groups in total. The van der Waals surface area contributed by atoms with E-state index >= 15 is 0 Å². The monoisotopic (exact) mass is 232 g/mol. The zero-order chi connectivity index (χ0) is 10.7. The second-order valence-electron chi connectivity index (χ2n) is 3.76. The average Bonchev–Trinajstić information content (AvgIpc) is 2.11. The molecule has 0 aliphatic carbocycles. The number of hydrogen-bond acceptors (Lipinski definition) is 1. The first-order valence-corrected chi connectivity index (χ1v) is 6.30. The van der Waals surface area contributed by atoms with Crippen molar-refractivity contribution in [1.29, 1.82) is 0 Å². The predicted molar refractivity (Wildman–Crippen MR) is 62.2 cm³/mol. The molecule has 0 aliphatic heterocycles. The van der Waals surface area contributed by atoms with Crippen LogP contribution < -0.4 is 0 Å². The molecule has 1 aromatic carbocycles. The Hall–Kier alpha value is -0.210. The van der Waals surface area contributed by atoms with Gasteiger partial charge in [-0.2, -0.15) is 0 Å². The summed E-state index contributed by atoms with van der Waals surface area (Å²) in [7, 11) is 7.03. The fourth-order valence-corrected chi connectivity index (χ4v) is 2.71. The van der Waals surface area contributed by atoms with Crippen molar-refractivity contribution >= 4 is 21.7 Å². The van der Waals surface area contributed by atoms with Gasteiger partial charge in [-0.05, 0) is 51.7 Å². The van der Waals surface area contributed by atoms with E-state index in [1.807, 2.05) is 6.07 Å². The molecule has 0 heterocycles. The molecule has 0 aliphatic rings. The number of halogens is 2. The van der Waals surface area contributed by atoms with Crippen LogP contribution in [0.3, 0.4) is 0 Å². The van der Waals surface area contributed by atoms with Gasteiger partial charge in [0.25, 0.3) is 0 Å². The van der Waals surface area contributed by atoms with Gasteiger partial charge in [-0.15, -0.1) is 0 Å². The molecule has 1 unspecified atom stereocenters. The van der Waals surface area contributed by atoms with Crippen LogP contribution >= 0.6 is 21.7 Å². The lowest BCUT2D eigenvalue weighted by Crippen LogP contribution is -2.01. The van der Waals surface area contributed by atoms with E-state index in [9.17, 15) is 4.39 Å². The van der Waals surface area contributed by atoms with Gasteiger partial charge in [0.15, 0.2) is 0 Å². The van der Waals surface area contributed by atoms with Gasteiger partial charge >= 0.3 is 0 Å². The van der Waals surface area contributed by atoms with E-state index in [-0.39, 0.29) is 11.1 Å². The van der Waals surface area contributed by atoms with Crippen molar-refractivity contribution < 1.29 is 4.39 Å². The van der Waals surface area contributed by atoms with Crippen molar-refractivity contribution in [2.75, 3.05) is 0 Å². The highest BCUT2D eigenvalue weighted by Gasteiger charge is 2.16. The summed E-state index contributed by atoms with van der Waals surface area (Å²) in [4.78, 5) is 0. The lowest BCUT2D eigenvalue weighted by atomic mass is 10.0. The maximum absolute atomic E-state index is 13.3. The van der Waals surface area contributed by atoms with Gasteiger partial charge < -0.3 is 0 Å². The highest BCUT2D eigenvalue weighted by molar-refractivity contribution is 8.21. The summed E-state index contributed by atoms with van der Waals surface area (Å²) in [6.45, 7) is 5.92. The van der Waals surface area contributed by atoms with Crippen LogP contribution in [0.5, 0.6) is 0 Å². The Kier molecular flexibility index (Phi) is 4.27. The smallest absolute Gasteiger partial charge is 0.126 e. The summed E-state index contributed by atoms with van der Waals surface area (Å²) in [5, 5.41) is 0.159. The molecule has 0 amide bonds. The summed E-state index contributed by atoms with van der Waals surface area (Å²) in [6.07, 6.45) is 0. The lowest BCUT2D eigenvalue weighted by molar-refractivity contribution is 0.602. The van der Waals surface area contributed by atoms with E-state index in [1.54, 1.807) is 19.1 Å². The maximum atomic E-state index is 13.3. The van der Waals surface area contributed by atoms with Gasteiger partial charge in [-0.3, -0.25) is 0 Å². The Balaban J connectivity index is 3.00. The first-order chi connectivity index (χ1) is 6.56. The Labute approximate surface area is 93.4 Å². The normalized spacial score (nSPS) is 13.3. The molecule has 0 radical (unpaired) electrons. The van der Waals surface area contributed by atoms with Crippen LogP contribution in [0, 0.1) is 18.7 Å². The van der Waals surface area contributed by atoms with Gasteiger partial charge in [-0.1, -0.05) is 26.0 Å². The molecule has 0 saturated heterocycles. The third-order valence-corrected chi connectivity index (χ3v) is 3.81. The minimum atomic E-state index is -0.154. The average molecular weight is 233 g/mol. The zero-order valence-electron chi connectivity index (χ0n) is 8.55. The van der Waals surface area contributed by atoms with E-state index in [0.29, 0.717) is 11.5 Å². The van der Waals surface area contributed by atoms with E-state index < -0.39 is 0 Å². The van der Waals surface area contributed by atoms with Crippen molar-refractivity contribution in [2.24, 2.45) is 5.92 Å². The SMILES string of the molecule is Cc1ccc(C(SCl)C(C)C)cc1F. The van der Waals surface area contributed by atoms with E-state index in [4.69, 9.17) is 10.7 Å². The standard InChI is InChI=1S/C11H14ClFS/c1-7(2)11(14-12)9-5-4-8(3)10(13)6-9/h4-7,11H,1-3H3. The molecular formula is C11H14ClFS. The van der Waals surface area contributed by atoms with Crippen LogP contribution in [-0.2, 0) is 0 Å². The van der Waals surface area contributed by atoms with Gasteiger partial charge in [0.1, 0.15) is 5.82 Å². The minimum Gasteiger partial charge on any atom is -0.207 e. The van der Waals surface area contributed by atoms with Crippen molar-refractivity contribution in [3.8, 4) is 0 Å². The number of aryl methyl sites for hydroxylation is 1. The summed E-state index contributed by atoms with van der Waals surface area (Å²) in [5.41, 5.74) is 1.64. The summed E-state index contributed by atoms with van der Waals surface area (Å²) in [6, 6.07) is 5.32. The summed E-state index contributed by atoms with van der Waals surface area (Å²) in [5.74, 6) is 0.249. The van der Waals surface area contributed by atoms with Crippen molar-refractivity contribution in [1.82, 2.24) is 0 Å². The van der Waals surface area contributed by atoms with Crippen LogP contribution in [0.1, 0.15) is 30.2 Å². The van der Waals surface area contributed by atoms with Crippen LogP contribution in [0.25, 0.3) is 0 Å². The summed E-state index contributed by atoms with van der Waals surface area (Å²) >= 11 is 0. The molecule has 0 aromatic heterocycles. The molecular weight excluding hydrogens is 219 g/mol. The van der Waals surface area contributed by atoms with Crippen LogP contribution in [0.4, 0.5) is 4.39 Å². The number of rotatable bonds is 3. The van der Waals surface area contributed by atoms with E-state index in [0.717, 1.165) is 5.56 Å². The Morgan fingerprint density at radius 2 is 2.00 bits per heavy atom. The fraction of sp³-hybridized carbons (Fsp3) is 0.455. The maximum Gasteiger partial charge on any atom is 0.126 e. The third-order valence-electron chi connectivity index (χ3n) is 2.23. The largest absolute Gasteiger partial charge is 0.207 e. The number of benzene rings is 1. The van der Waals surface area contributed by atoms with Crippen LogP contribution in [0.2, 0.25) is 0 Å². The van der Waals surface area contributed by atoms with Crippen molar-refractivity contribution in [3.63, 3.8) is 0 Å². The fourth-order valence-electron chi connectivity index (χ4n) is 1.33. The van der Waals surface area contributed by atoms with Crippen LogP contribution in [0.15, 0.2) is 18.2 Å². The van der Waals surface area contributed by atoms with Gasteiger partial charge in [0.05, 0.1) is 0 Å².